The highest BCUT2D eigenvalue weighted by Crippen LogP contribution is 2.34. The van der Waals surface area contributed by atoms with E-state index >= 15 is 0 Å². The Morgan fingerprint density at radius 2 is 2.20 bits per heavy atom. The minimum atomic E-state index is 0.630. The number of hydrogen-bond acceptors (Lipinski definition) is 3. The van der Waals surface area contributed by atoms with Crippen LogP contribution >= 0.6 is 0 Å². The molecule has 2 aliphatic rings. The molecule has 1 fully saturated rings. The zero-order valence-electron chi connectivity index (χ0n) is 12.6. The highest BCUT2D eigenvalue weighted by atomic mass is 16.5. The molecule has 2 atom stereocenters. The predicted octanol–water partition coefficient (Wildman–Crippen LogP) is 2.48. The van der Waals surface area contributed by atoms with E-state index in [0.717, 1.165) is 25.3 Å². The van der Waals surface area contributed by atoms with Gasteiger partial charge in [-0.25, -0.2) is 0 Å². The summed E-state index contributed by atoms with van der Waals surface area (Å²) in [5, 5.41) is 3.64. The molecule has 2 unspecified atom stereocenters. The molecule has 1 aromatic carbocycles. The lowest BCUT2D eigenvalue weighted by Crippen LogP contribution is -2.53. The molecule has 20 heavy (non-hydrogen) atoms. The first-order valence-corrected chi connectivity index (χ1v) is 7.91. The van der Waals surface area contributed by atoms with Crippen molar-refractivity contribution in [3.63, 3.8) is 0 Å². The van der Waals surface area contributed by atoms with Crippen molar-refractivity contribution in [1.82, 2.24) is 10.2 Å². The fourth-order valence-corrected chi connectivity index (χ4v) is 3.37. The number of benzene rings is 1. The summed E-state index contributed by atoms with van der Waals surface area (Å²) in [6.45, 7) is 10.1. The van der Waals surface area contributed by atoms with E-state index < -0.39 is 0 Å². The van der Waals surface area contributed by atoms with E-state index in [1.54, 1.807) is 0 Å². The minimum Gasteiger partial charge on any atom is -0.493 e. The normalized spacial score (nSPS) is 27.1. The summed E-state index contributed by atoms with van der Waals surface area (Å²) in [6.07, 6.45) is 1.15. The molecule has 0 saturated carbocycles. The maximum Gasteiger partial charge on any atom is 0.122 e. The second-order valence-corrected chi connectivity index (χ2v) is 6.44. The van der Waals surface area contributed by atoms with E-state index in [2.05, 4.69) is 48.3 Å². The van der Waals surface area contributed by atoms with Crippen LogP contribution in [0.5, 0.6) is 5.75 Å². The Kier molecular flexibility index (Phi) is 4.27. The molecule has 0 aliphatic carbocycles. The fraction of sp³-hybridized carbons (Fsp3) is 0.647. The second kappa shape index (κ2) is 6.15. The lowest BCUT2D eigenvalue weighted by atomic mass is 9.92. The van der Waals surface area contributed by atoms with Gasteiger partial charge in [0.05, 0.1) is 6.61 Å². The van der Waals surface area contributed by atoms with Crippen molar-refractivity contribution < 1.29 is 4.74 Å². The maximum absolute atomic E-state index is 5.77. The zero-order chi connectivity index (χ0) is 13.9. The van der Waals surface area contributed by atoms with Crippen molar-refractivity contribution in [2.75, 3.05) is 32.8 Å². The SMILES string of the molecule is CC(C)C1CN(CC2CCOc3ccccc32)CCN1. The van der Waals surface area contributed by atoms with Gasteiger partial charge in [-0.2, -0.15) is 0 Å². The van der Waals surface area contributed by atoms with Crippen LogP contribution in [0, 0.1) is 5.92 Å². The largest absolute Gasteiger partial charge is 0.493 e. The van der Waals surface area contributed by atoms with E-state index in [1.165, 1.54) is 25.2 Å². The van der Waals surface area contributed by atoms with Crippen LogP contribution in [0.25, 0.3) is 0 Å². The zero-order valence-corrected chi connectivity index (χ0v) is 12.6. The lowest BCUT2D eigenvalue weighted by Gasteiger charge is -2.38. The van der Waals surface area contributed by atoms with Gasteiger partial charge in [-0.05, 0) is 24.0 Å². The molecule has 0 bridgehead atoms. The van der Waals surface area contributed by atoms with Gasteiger partial charge in [0.1, 0.15) is 5.75 Å². The Labute approximate surface area is 122 Å². The number of nitrogens with one attached hydrogen (secondary N) is 1. The topological polar surface area (TPSA) is 24.5 Å². The molecule has 0 radical (unpaired) electrons. The van der Waals surface area contributed by atoms with Gasteiger partial charge < -0.3 is 10.1 Å². The van der Waals surface area contributed by atoms with Crippen LogP contribution in [0.2, 0.25) is 0 Å². The number of ether oxygens (including phenoxy) is 1. The Morgan fingerprint density at radius 1 is 1.35 bits per heavy atom. The van der Waals surface area contributed by atoms with Gasteiger partial charge in [0.2, 0.25) is 0 Å². The highest BCUT2D eigenvalue weighted by Gasteiger charge is 2.27. The molecule has 0 amide bonds. The van der Waals surface area contributed by atoms with Crippen molar-refractivity contribution in [2.45, 2.75) is 32.2 Å². The molecular formula is C17H26N2O. The quantitative estimate of drug-likeness (QED) is 0.916. The van der Waals surface area contributed by atoms with Gasteiger partial charge in [0, 0.05) is 38.1 Å². The average molecular weight is 274 g/mol. The first kappa shape index (κ1) is 13.9. The summed E-state index contributed by atoms with van der Waals surface area (Å²) in [5.41, 5.74) is 1.40. The van der Waals surface area contributed by atoms with Crippen LogP contribution in [0.3, 0.4) is 0 Å². The number of piperazine rings is 1. The molecule has 1 saturated heterocycles. The number of fused-ring (bicyclic) bond motifs is 1. The molecule has 110 valence electrons. The van der Waals surface area contributed by atoms with E-state index in [4.69, 9.17) is 4.74 Å². The predicted molar refractivity (Wildman–Crippen MR) is 82.4 cm³/mol. The minimum absolute atomic E-state index is 0.630. The fourth-order valence-electron chi connectivity index (χ4n) is 3.37. The van der Waals surface area contributed by atoms with Gasteiger partial charge >= 0.3 is 0 Å². The van der Waals surface area contributed by atoms with E-state index in [0.29, 0.717) is 17.9 Å². The van der Waals surface area contributed by atoms with E-state index in [9.17, 15) is 0 Å². The first-order chi connectivity index (χ1) is 9.74. The molecule has 1 aromatic rings. The van der Waals surface area contributed by atoms with Crippen LogP contribution < -0.4 is 10.1 Å². The lowest BCUT2D eigenvalue weighted by molar-refractivity contribution is 0.153. The van der Waals surface area contributed by atoms with Crippen LogP contribution in [0.15, 0.2) is 24.3 Å². The Morgan fingerprint density at radius 3 is 3.05 bits per heavy atom. The summed E-state index contributed by atoms with van der Waals surface area (Å²) in [7, 11) is 0. The summed E-state index contributed by atoms with van der Waals surface area (Å²) in [4.78, 5) is 2.63. The third-order valence-corrected chi connectivity index (χ3v) is 4.66. The second-order valence-electron chi connectivity index (χ2n) is 6.44. The number of para-hydroxylation sites is 1. The standard InChI is InChI=1S/C17H26N2O/c1-13(2)16-12-19(9-8-18-16)11-14-7-10-20-17-6-4-3-5-15(14)17/h3-6,13-14,16,18H,7-12H2,1-2H3. The van der Waals surface area contributed by atoms with Crippen LogP contribution in [-0.4, -0.2) is 43.7 Å². The van der Waals surface area contributed by atoms with Crippen LogP contribution in [0.4, 0.5) is 0 Å². The van der Waals surface area contributed by atoms with Crippen molar-refractivity contribution in [3.05, 3.63) is 29.8 Å². The van der Waals surface area contributed by atoms with Crippen LogP contribution in [-0.2, 0) is 0 Å². The van der Waals surface area contributed by atoms with Crippen molar-refractivity contribution >= 4 is 0 Å². The van der Waals surface area contributed by atoms with Crippen molar-refractivity contribution in [2.24, 2.45) is 5.92 Å². The molecule has 1 N–H and O–H groups in total. The third kappa shape index (κ3) is 2.99. The first-order valence-electron chi connectivity index (χ1n) is 7.91. The van der Waals surface area contributed by atoms with Gasteiger partial charge in [-0.15, -0.1) is 0 Å². The van der Waals surface area contributed by atoms with Gasteiger partial charge in [-0.1, -0.05) is 32.0 Å². The van der Waals surface area contributed by atoms with Gasteiger partial charge in [-0.3, -0.25) is 4.90 Å². The summed E-state index contributed by atoms with van der Waals surface area (Å²) >= 11 is 0. The molecule has 3 nitrogen and oxygen atoms in total. The summed E-state index contributed by atoms with van der Waals surface area (Å²) < 4.78 is 5.77. The Hall–Kier alpha value is -1.06. The molecule has 3 heteroatoms. The Balaban J connectivity index is 1.66. The highest BCUT2D eigenvalue weighted by molar-refractivity contribution is 5.37. The molecule has 0 aromatic heterocycles. The number of hydrogen-bond donors (Lipinski definition) is 1. The maximum atomic E-state index is 5.77. The van der Waals surface area contributed by atoms with Gasteiger partial charge in [0.15, 0.2) is 0 Å². The van der Waals surface area contributed by atoms with E-state index in [1.807, 2.05) is 0 Å². The summed E-state index contributed by atoms with van der Waals surface area (Å²) in [5.74, 6) is 2.44. The molecule has 3 rings (SSSR count). The Bertz CT molecular complexity index is 446. The molecule has 0 spiro atoms. The third-order valence-electron chi connectivity index (χ3n) is 4.66. The van der Waals surface area contributed by atoms with Crippen LogP contribution in [0.1, 0.15) is 31.7 Å². The smallest absolute Gasteiger partial charge is 0.122 e. The monoisotopic (exact) mass is 274 g/mol. The molecule has 2 heterocycles. The molecular weight excluding hydrogens is 248 g/mol. The molecule has 2 aliphatic heterocycles. The summed E-state index contributed by atoms with van der Waals surface area (Å²) in [6, 6.07) is 9.19. The van der Waals surface area contributed by atoms with Crippen molar-refractivity contribution in [3.8, 4) is 5.75 Å². The van der Waals surface area contributed by atoms with E-state index in [-0.39, 0.29) is 0 Å². The van der Waals surface area contributed by atoms with Gasteiger partial charge in [0.25, 0.3) is 0 Å². The number of nitrogens with zero attached hydrogens (tertiary/aromatic N) is 1. The average Bonchev–Trinajstić information content (AvgIpc) is 2.48. The number of rotatable bonds is 3. The van der Waals surface area contributed by atoms with Crippen molar-refractivity contribution in [1.29, 1.82) is 0 Å².